The van der Waals surface area contributed by atoms with Gasteiger partial charge in [-0.1, -0.05) is 12.5 Å². The van der Waals surface area contributed by atoms with Crippen LogP contribution in [0.4, 0.5) is 15.8 Å². The van der Waals surface area contributed by atoms with Gasteiger partial charge in [-0.25, -0.2) is 4.39 Å². The molecule has 1 saturated carbocycles. The number of anilines is 2. The lowest BCUT2D eigenvalue weighted by Gasteiger charge is -2.27. The molecule has 17 heavy (non-hydrogen) atoms. The highest BCUT2D eigenvalue weighted by Gasteiger charge is 2.47. The number of halogens is 1. The summed E-state index contributed by atoms with van der Waals surface area (Å²) in [6, 6.07) is 4.93. The molecule has 2 unspecified atom stereocenters. The molecule has 1 aliphatic carbocycles. The Labute approximate surface area is 99.4 Å². The summed E-state index contributed by atoms with van der Waals surface area (Å²) >= 11 is 0. The molecule has 0 aromatic heterocycles. The standard InChI is InChI=1S/C13H15FN2O/c1-13-7-3-6-10(13)15-9-5-2-4-8(14)11(9)16-12(13)17/h2,4-5,10,15H,3,6-7H2,1H3,(H,16,17). The van der Waals surface area contributed by atoms with Crippen molar-refractivity contribution in [2.24, 2.45) is 5.41 Å². The summed E-state index contributed by atoms with van der Waals surface area (Å²) in [5, 5.41) is 6.04. The Morgan fingerprint density at radius 1 is 1.47 bits per heavy atom. The normalized spacial score (nSPS) is 30.9. The summed E-state index contributed by atoms with van der Waals surface area (Å²) in [5.74, 6) is -0.455. The van der Waals surface area contributed by atoms with Crippen LogP contribution in [0.25, 0.3) is 0 Å². The third-order valence-corrected chi connectivity index (χ3v) is 4.06. The second-order valence-electron chi connectivity index (χ2n) is 5.12. The number of carbonyl (C=O) groups is 1. The minimum Gasteiger partial charge on any atom is -0.379 e. The molecule has 4 heteroatoms. The maximum absolute atomic E-state index is 13.7. The van der Waals surface area contributed by atoms with Crippen molar-refractivity contribution in [3.8, 4) is 0 Å². The van der Waals surface area contributed by atoms with Crippen LogP contribution in [0.2, 0.25) is 0 Å². The summed E-state index contributed by atoms with van der Waals surface area (Å²) < 4.78 is 13.7. The van der Waals surface area contributed by atoms with E-state index in [-0.39, 0.29) is 23.5 Å². The minimum atomic E-state index is -0.425. The molecule has 1 aliphatic heterocycles. The van der Waals surface area contributed by atoms with Crippen molar-refractivity contribution in [3.63, 3.8) is 0 Å². The van der Waals surface area contributed by atoms with E-state index in [1.165, 1.54) is 6.07 Å². The highest BCUT2D eigenvalue weighted by molar-refractivity contribution is 6.00. The summed E-state index contributed by atoms with van der Waals surface area (Å²) in [6.07, 6.45) is 2.85. The van der Waals surface area contributed by atoms with Crippen LogP contribution in [-0.2, 0) is 4.79 Å². The van der Waals surface area contributed by atoms with Crippen LogP contribution in [0.15, 0.2) is 18.2 Å². The molecule has 2 N–H and O–H groups in total. The van der Waals surface area contributed by atoms with Crippen molar-refractivity contribution >= 4 is 17.3 Å². The lowest BCUT2D eigenvalue weighted by molar-refractivity contribution is -0.124. The van der Waals surface area contributed by atoms with Crippen LogP contribution in [0.5, 0.6) is 0 Å². The van der Waals surface area contributed by atoms with Gasteiger partial charge in [-0.2, -0.15) is 0 Å². The van der Waals surface area contributed by atoms with Crippen LogP contribution in [-0.4, -0.2) is 11.9 Å². The summed E-state index contributed by atoms with van der Waals surface area (Å²) in [7, 11) is 0. The number of benzene rings is 1. The van der Waals surface area contributed by atoms with Crippen LogP contribution >= 0.6 is 0 Å². The van der Waals surface area contributed by atoms with E-state index in [1.54, 1.807) is 6.07 Å². The third kappa shape index (κ3) is 1.43. The molecule has 3 nitrogen and oxygen atoms in total. The number of amides is 1. The Bertz CT molecular complexity index is 488. The van der Waals surface area contributed by atoms with Crippen molar-refractivity contribution in [1.82, 2.24) is 0 Å². The molecule has 1 fully saturated rings. The molecule has 1 amide bonds. The average Bonchev–Trinajstić information content (AvgIpc) is 2.62. The molecule has 3 rings (SSSR count). The van der Waals surface area contributed by atoms with Crippen molar-refractivity contribution in [1.29, 1.82) is 0 Å². The van der Waals surface area contributed by atoms with E-state index in [9.17, 15) is 9.18 Å². The molecule has 2 atom stereocenters. The Kier molecular flexibility index (Phi) is 2.15. The lowest BCUT2D eigenvalue weighted by atomic mass is 9.84. The highest BCUT2D eigenvalue weighted by Crippen LogP contribution is 2.44. The first-order valence-corrected chi connectivity index (χ1v) is 5.98. The fourth-order valence-electron chi connectivity index (χ4n) is 2.88. The predicted octanol–water partition coefficient (Wildman–Crippen LogP) is 2.75. The number of hydrogen-bond donors (Lipinski definition) is 2. The molecule has 0 spiro atoms. The predicted molar refractivity (Wildman–Crippen MR) is 64.4 cm³/mol. The Morgan fingerprint density at radius 3 is 3.12 bits per heavy atom. The maximum Gasteiger partial charge on any atom is 0.232 e. The van der Waals surface area contributed by atoms with Gasteiger partial charge >= 0.3 is 0 Å². The van der Waals surface area contributed by atoms with E-state index in [0.29, 0.717) is 5.69 Å². The largest absolute Gasteiger partial charge is 0.379 e. The van der Waals surface area contributed by atoms with Gasteiger partial charge in [0.05, 0.1) is 11.1 Å². The number of rotatable bonds is 0. The summed E-state index contributed by atoms with van der Waals surface area (Å²) in [4.78, 5) is 12.2. The van der Waals surface area contributed by atoms with Gasteiger partial charge in [-0.15, -0.1) is 0 Å². The highest BCUT2D eigenvalue weighted by atomic mass is 19.1. The molecule has 2 aliphatic rings. The Hall–Kier alpha value is -1.58. The van der Waals surface area contributed by atoms with E-state index < -0.39 is 5.41 Å². The van der Waals surface area contributed by atoms with Crippen LogP contribution in [0.1, 0.15) is 26.2 Å². The van der Waals surface area contributed by atoms with Crippen molar-refractivity contribution in [3.05, 3.63) is 24.0 Å². The summed E-state index contributed by atoms with van der Waals surface area (Å²) in [5.41, 5.74) is 0.549. The molecule has 1 heterocycles. The Balaban J connectivity index is 2.09. The van der Waals surface area contributed by atoms with Gasteiger partial charge < -0.3 is 10.6 Å². The molecule has 1 aromatic rings. The molecule has 0 bridgehead atoms. The number of hydrogen-bond acceptors (Lipinski definition) is 2. The van der Waals surface area contributed by atoms with E-state index in [4.69, 9.17) is 0 Å². The monoisotopic (exact) mass is 234 g/mol. The zero-order valence-electron chi connectivity index (χ0n) is 9.72. The minimum absolute atomic E-state index is 0.0728. The van der Waals surface area contributed by atoms with E-state index >= 15 is 0 Å². The first kappa shape index (κ1) is 10.6. The first-order valence-electron chi connectivity index (χ1n) is 5.98. The SMILES string of the molecule is CC12CCCC1Nc1cccc(F)c1NC2=O. The molecule has 90 valence electrons. The van der Waals surface area contributed by atoms with E-state index in [1.807, 2.05) is 13.0 Å². The van der Waals surface area contributed by atoms with Crippen LogP contribution in [0, 0.1) is 11.2 Å². The van der Waals surface area contributed by atoms with Crippen molar-refractivity contribution in [2.45, 2.75) is 32.2 Å². The molecule has 0 radical (unpaired) electrons. The van der Waals surface area contributed by atoms with Gasteiger partial charge in [0, 0.05) is 6.04 Å². The zero-order chi connectivity index (χ0) is 12.0. The molecular weight excluding hydrogens is 219 g/mol. The average molecular weight is 234 g/mol. The second-order valence-corrected chi connectivity index (χ2v) is 5.12. The van der Waals surface area contributed by atoms with Gasteiger partial charge in [0.25, 0.3) is 0 Å². The first-order chi connectivity index (χ1) is 8.11. The fourth-order valence-corrected chi connectivity index (χ4v) is 2.88. The van der Waals surface area contributed by atoms with Gasteiger partial charge in [0.1, 0.15) is 11.5 Å². The van der Waals surface area contributed by atoms with Gasteiger partial charge in [0.2, 0.25) is 5.91 Å². The van der Waals surface area contributed by atoms with Crippen LogP contribution in [0.3, 0.4) is 0 Å². The van der Waals surface area contributed by atoms with Crippen LogP contribution < -0.4 is 10.6 Å². The van der Waals surface area contributed by atoms with Crippen molar-refractivity contribution < 1.29 is 9.18 Å². The quantitative estimate of drug-likeness (QED) is 0.724. The second kappa shape index (κ2) is 3.45. The number of carbonyl (C=O) groups excluding carboxylic acids is 1. The summed E-state index contributed by atoms with van der Waals surface area (Å²) in [6.45, 7) is 1.96. The molecule has 1 aromatic carbocycles. The fraction of sp³-hybridized carbons (Fsp3) is 0.462. The number of fused-ring (bicyclic) bond motifs is 2. The van der Waals surface area contributed by atoms with Crippen molar-refractivity contribution in [2.75, 3.05) is 10.6 Å². The Morgan fingerprint density at radius 2 is 2.29 bits per heavy atom. The number of nitrogens with one attached hydrogen (secondary N) is 2. The maximum atomic E-state index is 13.7. The zero-order valence-corrected chi connectivity index (χ0v) is 9.72. The lowest BCUT2D eigenvalue weighted by Crippen LogP contribution is -2.41. The van der Waals surface area contributed by atoms with Gasteiger partial charge in [0.15, 0.2) is 0 Å². The molecular formula is C13H15FN2O. The van der Waals surface area contributed by atoms with E-state index in [0.717, 1.165) is 19.3 Å². The molecule has 0 saturated heterocycles. The topological polar surface area (TPSA) is 41.1 Å². The van der Waals surface area contributed by atoms with Gasteiger partial charge in [-0.05, 0) is 31.9 Å². The third-order valence-electron chi connectivity index (χ3n) is 4.06. The number of para-hydroxylation sites is 1. The van der Waals surface area contributed by atoms with E-state index in [2.05, 4.69) is 10.6 Å². The van der Waals surface area contributed by atoms with Gasteiger partial charge in [-0.3, -0.25) is 4.79 Å². The smallest absolute Gasteiger partial charge is 0.232 e.